The lowest BCUT2D eigenvalue weighted by Gasteiger charge is -2.32. The normalized spacial score (nSPS) is 32.1. The van der Waals surface area contributed by atoms with Gasteiger partial charge in [0.15, 0.2) is 12.0 Å². The van der Waals surface area contributed by atoms with Crippen molar-refractivity contribution in [3.8, 4) is 0 Å². The summed E-state index contributed by atoms with van der Waals surface area (Å²) in [6, 6.07) is 1.26. The van der Waals surface area contributed by atoms with Crippen LogP contribution in [0.2, 0.25) is 0 Å². The van der Waals surface area contributed by atoms with Crippen LogP contribution in [0, 0.1) is 0 Å². The van der Waals surface area contributed by atoms with E-state index in [0.717, 1.165) is 0 Å². The van der Waals surface area contributed by atoms with Crippen LogP contribution in [0.5, 0.6) is 0 Å². The van der Waals surface area contributed by atoms with E-state index in [9.17, 15) is 9.59 Å². The Labute approximate surface area is 114 Å². The molecule has 0 aliphatic carbocycles. The third-order valence-corrected chi connectivity index (χ3v) is 3.39. The first-order valence-corrected chi connectivity index (χ1v) is 6.35. The summed E-state index contributed by atoms with van der Waals surface area (Å²) in [5.41, 5.74) is -0.395. The van der Waals surface area contributed by atoms with Gasteiger partial charge in [0, 0.05) is 17.8 Å². The molecule has 7 nitrogen and oxygen atoms in total. The van der Waals surface area contributed by atoms with E-state index in [4.69, 9.17) is 14.2 Å². The van der Waals surface area contributed by atoms with Crippen LogP contribution in [-0.2, 0) is 14.2 Å². The summed E-state index contributed by atoms with van der Waals surface area (Å²) in [6.45, 7) is 7.90. The Kier molecular flexibility index (Phi) is 2.93. The second-order valence-electron chi connectivity index (χ2n) is 5.37. The van der Waals surface area contributed by atoms with Crippen molar-refractivity contribution in [2.75, 3.05) is 6.61 Å². The largest absolute Gasteiger partial charge is 0.351 e. The summed E-state index contributed by atoms with van der Waals surface area (Å²) in [6.07, 6.45) is 0.158. The Morgan fingerprint density at radius 3 is 2.85 bits per heavy atom. The molecule has 3 heterocycles. The van der Waals surface area contributed by atoms with Gasteiger partial charge in [0.25, 0.3) is 5.56 Å². The van der Waals surface area contributed by atoms with Crippen LogP contribution in [-0.4, -0.2) is 34.2 Å². The maximum Gasteiger partial charge on any atom is 0.330 e. The highest BCUT2D eigenvalue weighted by Crippen LogP contribution is 2.39. The fourth-order valence-electron chi connectivity index (χ4n) is 2.58. The highest BCUT2D eigenvalue weighted by molar-refractivity contribution is 5.15. The van der Waals surface area contributed by atoms with E-state index in [1.807, 2.05) is 13.8 Å². The van der Waals surface area contributed by atoms with Crippen LogP contribution in [0.3, 0.4) is 0 Å². The number of nitrogens with one attached hydrogen (secondary N) is 1. The Hall–Kier alpha value is -1.70. The van der Waals surface area contributed by atoms with Crippen molar-refractivity contribution < 1.29 is 14.2 Å². The molecule has 2 saturated heterocycles. The molecule has 0 spiro atoms. The molecule has 20 heavy (non-hydrogen) atoms. The first-order valence-electron chi connectivity index (χ1n) is 6.35. The van der Waals surface area contributed by atoms with Gasteiger partial charge in [0.2, 0.25) is 0 Å². The minimum absolute atomic E-state index is 0.229. The second kappa shape index (κ2) is 4.41. The molecule has 0 saturated carbocycles. The van der Waals surface area contributed by atoms with E-state index in [1.54, 1.807) is 0 Å². The summed E-state index contributed by atoms with van der Waals surface area (Å²) in [7, 11) is 0. The van der Waals surface area contributed by atoms with Gasteiger partial charge in [-0.15, -0.1) is 0 Å². The van der Waals surface area contributed by atoms with Crippen molar-refractivity contribution in [2.24, 2.45) is 0 Å². The van der Waals surface area contributed by atoms with Gasteiger partial charge in [-0.25, -0.2) is 4.79 Å². The highest BCUT2D eigenvalue weighted by Gasteiger charge is 2.47. The quantitative estimate of drug-likeness (QED) is 0.740. The molecular formula is C13H16N2O5. The van der Waals surface area contributed by atoms with Crippen molar-refractivity contribution in [3.05, 3.63) is 45.3 Å². The molecule has 0 aromatic carbocycles. The van der Waals surface area contributed by atoms with Crippen LogP contribution < -0.4 is 11.2 Å². The first kappa shape index (κ1) is 13.3. The number of fused-ring (bicyclic) bond motifs is 1. The Morgan fingerprint density at radius 2 is 2.15 bits per heavy atom. The lowest BCUT2D eigenvalue weighted by Crippen LogP contribution is -2.43. The molecule has 2 aliphatic rings. The monoisotopic (exact) mass is 280 g/mol. The fourth-order valence-corrected chi connectivity index (χ4v) is 2.58. The third-order valence-electron chi connectivity index (χ3n) is 3.39. The third kappa shape index (κ3) is 2.13. The standard InChI is InChI=1S/C13H16N2O5/c1-7-10-8(19-13(2,3)20-10)6-18-11(7)15-5-4-9(16)14-12(15)17/h4-5,8,10-11H,1,6H2,2-3H3,(H,14,16,17)/t8-,10+,11+/m1/s1. The van der Waals surface area contributed by atoms with E-state index >= 15 is 0 Å². The van der Waals surface area contributed by atoms with Crippen molar-refractivity contribution >= 4 is 0 Å². The summed E-state index contributed by atoms with van der Waals surface area (Å²) < 4.78 is 18.4. The van der Waals surface area contributed by atoms with E-state index in [-0.39, 0.29) is 12.2 Å². The fraction of sp³-hybridized carbons (Fsp3) is 0.538. The minimum Gasteiger partial charge on any atom is -0.351 e. The summed E-state index contributed by atoms with van der Waals surface area (Å²) in [4.78, 5) is 25.1. The van der Waals surface area contributed by atoms with Crippen molar-refractivity contribution in [2.45, 2.75) is 38.1 Å². The van der Waals surface area contributed by atoms with E-state index < -0.39 is 23.3 Å². The van der Waals surface area contributed by atoms with Crippen LogP contribution in [0.4, 0.5) is 0 Å². The van der Waals surface area contributed by atoms with Gasteiger partial charge in [-0.05, 0) is 13.8 Å². The van der Waals surface area contributed by atoms with Gasteiger partial charge >= 0.3 is 5.69 Å². The topological polar surface area (TPSA) is 82.6 Å². The number of aromatic amines is 1. The van der Waals surface area contributed by atoms with E-state index in [1.165, 1.54) is 16.8 Å². The summed E-state index contributed by atoms with van der Waals surface area (Å²) >= 11 is 0. The minimum atomic E-state index is -0.702. The molecule has 1 N–H and O–H groups in total. The van der Waals surface area contributed by atoms with E-state index in [0.29, 0.717) is 12.2 Å². The number of hydrogen-bond acceptors (Lipinski definition) is 5. The molecule has 0 radical (unpaired) electrons. The predicted octanol–water partition coefficient (Wildman–Crippen LogP) is 0.142. The second-order valence-corrected chi connectivity index (χ2v) is 5.37. The molecule has 2 aliphatic heterocycles. The Balaban J connectivity index is 1.92. The molecule has 0 unspecified atom stereocenters. The van der Waals surface area contributed by atoms with Crippen LogP contribution in [0.25, 0.3) is 0 Å². The molecule has 0 bridgehead atoms. The van der Waals surface area contributed by atoms with Crippen LogP contribution >= 0.6 is 0 Å². The lowest BCUT2D eigenvalue weighted by atomic mass is 10.0. The lowest BCUT2D eigenvalue weighted by molar-refractivity contribution is -0.146. The Morgan fingerprint density at radius 1 is 1.40 bits per heavy atom. The first-order chi connectivity index (χ1) is 9.37. The summed E-state index contributed by atoms with van der Waals surface area (Å²) in [5, 5.41) is 0. The van der Waals surface area contributed by atoms with Crippen molar-refractivity contribution in [1.82, 2.24) is 9.55 Å². The zero-order valence-electron chi connectivity index (χ0n) is 11.3. The SMILES string of the molecule is C=C1[C@@H]2OC(C)(C)O[C@@H]2CO[C@@H]1n1ccc(=O)[nH]c1=O. The number of nitrogens with zero attached hydrogens (tertiary/aromatic N) is 1. The number of H-pyrrole nitrogens is 1. The van der Waals surface area contributed by atoms with Gasteiger partial charge in [-0.3, -0.25) is 14.3 Å². The molecule has 7 heteroatoms. The van der Waals surface area contributed by atoms with Crippen molar-refractivity contribution in [1.29, 1.82) is 0 Å². The van der Waals surface area contributed by atoms with Crippen LogP contribution in [0.15, 0.2) is 34.0 Å². The molecular weight excluding hydrogens is 264 g/mol. The number of hydrogen-bond donors (Lipinski definition) is 1. The van der Waals surface area contributed by atoms with Gasteiger partial charge in [0.05, 0.1) is 6.61 Å². The summed E-state index contributed by atoms with van der Waals surface area (Å²) in [5.74, 6) is -0.702. The van der Waals surface area contributed by atoms with E-state index in [2.05, 4.69) is 11.6 Å². The van der Waals surface area contributed by atoms with Gasteiger partial charge < -0.3 is 14.2 Å². The predicted molar refractivity (Wildman–Crippen MR) is 69.3 cm³/mol. The van der Waals surface area contributed by atoms with Gasteiger partial charge in [-0.2, -0.15) is 0 Å². The maximum absolute atomic E-state index is 11.8. The van der Waals surface area contributed by atoms with Crippen molar-refractivity contribution in [3.63, 3.8) is 0 Å². The zero-order valence-corrected chi connectivity index (χ0v) is 11.3. The average molecular weight is 280 g/mol. The van der Waals surface area contributed by atoms with Crippen LogP contribution in [0.1, 0.15) is 20.1 Å². The molecule has 2 fully saturated rings. The zero-order chi connectivity index (χ0) is 14.5. The molecule has 3 rings (SSSR count). The molecule has 1 aromatic rings. The number of aromatic nitrogens is 2. The number of ether oxygens (including phenoxy) is 3. The maximum atomic E-state index is 11.8. The highest BCUT2D eigenvalue weighted by atomic mass is 16.8. The molecule has 0 amide bonds. The molecule has 3 atom stereocenters. The average Bonchev–Trinajstić information content (AvgIpc) is 2.66. The van der Waals surface area contributed by atoms with Gasteiger partial charge in [0.1, 0.15) is 12.2 Å². The Bertz CT molecular complexity index is 659. The smallest absolute Gasteiger partial charge is 0.330 e. The van der Waals surface area contributed by atoms with Gasteiger partial charge in [-0.1, -0.05) is 6.58 Å². The molecule has 1 aromatic heterocycles. The molecule has 108 valence electrons. The number of rotatable bonds is 1.